The summed E-state index contributed by atoms with van der Waals surface area (Å²) in [6.45, 7) is 1.82. The van der Waals surface area contributed by atoms with Crippen LogP contribution >= 0.6 is 23.2 Å². The lowest BCUT2D eigenvalue weighted by Crippen LogP contribution is -2.41. The van der Waals surface area contributed by atoms with E-state index in [-0.39, 0.29) is 5.92 Å². The summed E-state index contributed by atoms with van der Waals surface area (Å²) in [5, 5.41) is 4.39. The number of hydrogen-bond acceptors (Lipinski definition) is 3. The lowest BCUT2D eigenvalue weighted by Gasteiger charge is -2.31. The maximum atomic E-state index is 11.6. The number of rotatable bonds is 4. The molecule has 1 aliphatic heterocycles. The molecule has 0 saturated carbocycles. The molecule has 0 aliphatic carbocycles. The van der Waals surface area contributed by atoms with Crippen LogP contribution in [0.3, 0.4) is 0 Å². The minimum atomic E-state index is -3.10. The molecule has 2 rings (SSSR count). The largest absolute Gasteiger partial charge is 0.382 e. The molecule has 0 bridgehead atoms. The highest BCUT2D eigenvalue weighted by Crippen LogP contribution is 2.30. The highest BCUT2D eigenvalue weighted by molar-refractivity contribution is 7.88. The van der Waals surface area contributed by atoms with Gasteiger partial charge in [0.25, 0.3) is 0 Å². The normalized spacial score (nSPS) is 20.9. The van der Waals surface area contributed by atoms with Crippen LogP contribution in [0.15, 0.2) is 18.2 Å². The zero-order valence-electron chi connectivity index (χ0n) is 11.3. The number of para-hydroxylation sites is 1. The zero-order chi connectivity index (χ0) is 14.8. The van der Waals surface area contributed by atoms with E-state index in [2.05, 4.69) is 5.32 Å². The fraction of sp³-hybridized carbons (Fsp3) is 0.538. The van der Waals surface area contributed by atoms with Gasteiger partial charge >= 0.3 is 0 Å². The molecule has 20 heavy (non-hydrogen) atoms. The van der Waals surface area contributed by atoms with Gasteiger partial charge in [0, 0.05) is 19.6 Å². The fourth-order valence-electron chi connectivity index (χ4n) is 2.41. The second-order valence-corrected chi connectivity index (χ2v) is 7.90. The van der Waals surface area contributed by atoms with Crippen LogP contribution in [0.2, 0.25) is 10.0 Å². The SMILES string of the molecule is CS(=O)(=O)N1CCCC(CNc2c(Cl)cccc2Cl)C1. The van der Waals surface area contributed by atoms with Gasteiger partial charge in [-0.1, -0.05) is 29.3 Å². The van der Waals surface area contributed by atoms with E-state index >= 15 is 0 Å². The number of halogens is 2. The van der Waals surface area contributed by atoms with Gasteiger partial charge in [0.05, 0.1) is 22.0 Å². The van der Waals surface area contributed by atoms with Crippen molar-refractivity contribution in [2.24, 2.45) is 5.92 Å². The lowest BCUT2D eigenvalue weighted by molar-refractivity contribution is 0.277. The average Bonchev–Trinajstić information content (AvgIpc) is 2.37. The molecule has 1 N–H and O–H groups in total. The maximum absolute atomic E-state index is 11.6. The van der Waals surface area contributed by atoms with Crippen molar-refractivity contribution in [3.05, 3.63) is 28.2 Å². The van der Waals surface area contributed by atoms with Crippen molar-refractivity contribution in [3.63, 3.8) is 0 Å². The van der Waals surface area contributed by atoms with Crippen molar-refractivity contribution in [1.82, 2.24) is 4.31 Å². The molecule has 0 amide bonds. The van der Waals surface area contributed by atoms with Crippen LogP contribution in [-0.2, 0) is 10.0 Å². The molecular weight excluding hydrogens is 319 g/mol. The molecular formula is C13H18Cl2N2O2S. The number of anilines is 1. The number of nitrogens with one attached hydrogen (secondary N) is 1. The number of hydrogen-bond donors (Lipinski definition) is 1. The van der Waals surface area contributed by atoms with Crippen LogP contribution in [0.1, 0.15) is 12.8 Å². The van der Waals surface area contributed by atoms with E-state index in [1.54, 1.807) is 18.2 Å². The predicted octanol–water partition coefficient (Wildman–Crippen LogP) is 3.08. The van der Waals surface area contributed by atoms with Crippen LogP contribution in [0, 0.1) is 5.92 Å². The molecule has 1 unspecified atom stereocenters. The Morgan fingerprint density at radius 1 is 1.35 bits per heavy atom. The van der Waals surface area contributed by atoms with Crippen molar-refractivity contribution >= 4 is 38.9 Å². The molecule has 1 aromatic carbocycles. The van der Waals surface area contributed by atoms with E-state index in [1.807, 2.05) is 0 Å². The molecule has 1 aliphatic rings. The smallest absolute Gasteiger partial charge is 0.211 e. The van der Waals surface area contributed by atoms with Crippen LogP contribution in [-0.4, -0.2) is 38.6 Å². The molecule has 1 atom stereocenters. The summed E-state index contributed by atoms with van der Waals surface area (Å²) in [6.07, 6.45) is 3.14. The van der Waals surface area contributed by atoms with E-state index < -0.39 is 10.0 Å². The number of sulfonamides is 1. The van der Waals surface area contributed by atoms with Crippen LogP contribution in [0.5, 0.6) is 0 Å². The first-order valence-electron chi connectivity index (χ1n) is 6.51. The van der Waals surface area contributed by atoms with Gasteiger partial charge in [-0.05, 0) is 30.9 Å². The first kappa shape index (κ1) is 15.9. The molecule has 112 valence electrons. The quantitative estimate of drug-likeness (QED) is 0.919. The molecule has 7 heteroatoms. The van der Waals surface area contributed by atoms with E-state index in [0.717, 1.165) is 12.8 Å². The first-order valence-corrected chi connectivity index (χ1v) is 9.11. The molecule has 0 aromatic heterocycles. The van der Waals surface area contributed by atoms with Gasteiger partial charge in [0.1, 0.15) is 0 Å². The second kappa shape index (κ2) is 6.52. The molecule has 0 spiro atoms. The molecule has 0 radical (unpaired) electrons. The summed E-state index contributed by atoms with van der Waals surface area (Å²) < 4.78 is 24.7. The van der Waals surface area contributed by atoms with Crippen molar-refractivity contribution < 1.29 is 8.42 Å². The summed E-state index contributed by atoms with van der Waals surface area (Å²) >= 11 is 12.2. The average molecular weight is 337 g/mol. The standard InChI is InChI=1S/C13H18Cl2N2O2S/c1-20(18,19)17-7-3-4-10(9-17)8-16-13-11(14)5-2-6-12(13)15/h2,5-6,10,16H,3-4,7-9H2,1H3. The van der Waals surface area contributed by atoms with E-state index in [4.69, 9.17) is 23.2 Å². The number of nitrogens with zero attached hydrogens (tertiary/aromatic N) is 1. The van der Waals surface area contributed by atoms with Gasteiger partial charge in [-0.2, -0.15) is 0 Å². The highest BCUT2D eigenvalue weighted by atomic mass is 35.5. The van der Waals surface area contributed by atoms with Crippen molar-refractivity contribution in [1.29, 1.82) is 0 Å². The van der Waals surface area contributed by atoms with Gasteiger partial charge in [0.15, 0.2) is 0 Å². The van der Waals surface area contributed by atoms with Crippen LogP contribution in [0.25, 0.3) is 0 Å². The predicted molar refractivity (Wildman–Crippen MR) is 84.1 cm³/mol. The second-order valence-electron chi connectivity index (χ2n) is 5.11. The molecule has 4 nitrogen and oxygen atoms in total. The van der Waals surface area contributed by atoms with Crippen molar-refractivity contribution in [2.45, 2.75) is 12.8 Å². The van der Waals surface area contributed by atoms with Gasteiger partial charge < -0.3 is 5.32 Å². The Kier molecular flexibility index (Phi) is 5.18. The van der Waals surface area contributed by atoms with Crippen LogP contribution in [0.4, 0.5) is 5.69 Å². The van der Waals surface area contributed by atoms with E-state index in [1.165, 1.54) is 10.6 Å². The Labute approximate surface area is 130 Å². The maximum Gasteiger partial charge on any atom is 0.211 e. The third-order valence-electron chi connectivity index (χ3n) is 3.48. The zero-order valence-corrected chi connectivity index (χ0v) is 13.6. The van der Waals surface area contributed by atoms with Crippen molar-refractivity contribution in [2.75, 3.05) is 31.2 Å². The lowest BCUT2D eigenvalue weighted by atomic mass is 9.99. The summed E-state index contributed by atoms with van der Waals surface area (Å²) in [6, 6.07) is 5.35. The Balaban J connectivity index is 1.97. The Bertz CT molecular complexity index is 557. The molecule has 1 heterocycles. The minimum absolute atomic E-state index is 0.269. The third-order valence-corrected chi connectivity index (χ3v) is 5.38. The number of piperidine rings is 1. The minimum Gasteiger partial charge on any atom is -0.382 e. The monoisotopic (exact) mass is 336 g/mol. The topological polar surface area (TPSA) is 49.4 Å². The van der Waals surface area contributed by atoms with Gasteiger partial charge in [-0.15, -0.1) is 0 Å². The number of benzene rings is 1. The molecule has 1 fully saturated rings. The van der Waals surface area contributed by atoms with E-state index in [0.29, 0.717) is 35.4 Å². The van der Waals surface area contributed by atoms with E-state index in [9.17, 15) is 8.42 Å². The van der Waals surface area contributed by atoms with Gasteiger partial charge in [-0.25, -0.2) is 12.7 Å². The Morgan fingerprint density at radius 3 is 2.60 bits per heavy atom. The third kappa shape index (κ3) is 4.01. The Hall–Kier alpha value is -0.490. The highest BCUT2D eigenvalue weighted by Gasteiger charge is 2.25. The van der Waals surface area contributed by atoms with Gasteiger partial charge in [0.2, 0.25) is 10.0 Å². The summed E-state index contributed by atoms with van der Waals surface area (Å²) in [5.41, 5.74) is 0.715. The summed E-state index contributed by atoms with van der Waals surface area (Å²) in [5.74, 6) is 0.269. The molecule has 1 saturated heterocycles. The first-order chi connectivity index (χ1) is 9.38. The summed E-state index contributed by atoms with van der Waals surface area (Å²) in [7, 11) is -3.10. The molecule has 1 aromatic rings. The van der Waals surface area contributed by atoms with Crippen LogP contribution < -0.4 is 5.32 Å². The Morgan fingerprint density at radius 2 is 2.00 bits per heavy atom. The summed E-state index contributed by atoms with van der Waals surface area (Å²) in [4.78, 5) is 0. The van der Waals surface area contributed by atoms with Crippen molar-refractivity contribution in [3.8, 4) is 0 Å². The fourth-order valence-corrected chi connectivity index (χ4v) is 3.88. The van der Waals surface area contributed by atoms with Gasteiger partial charge in [-0.3, -0.25) is 0 Å².